The van der Waals surface area contributed by atoms with Crippen LogP contribution in [0.1, 0.15) is 10.4 Å². The molecule has 1 aromatic rings. The van der Waals surface area contributed by atoms with Gasteiger partial charge in [0.05, 0.1) is 12.2 Å². The highest BCUT2D eigenvalue weighted by molar-refractivity contribution is 5.95. The van der Waals surface area contributed by atoms with E-state index < -0.39 is 11.7 Å². The molecule has 1 amide bonds. The molecular formula is C13H20FN3O2. The lowest BCUT2D eigenvalue weighted by Crippen LogP contribution is -2.34. The van der Waals surface area contributed by atoms with E-state index in [4.69, 9.17) is 10.5 Å². The minimum atomic E-state index is -0.570. The average Bonchev–Trinajstić information content (AvgIpc) is 2.39. The molecule has 3 N–H and O–H groups in total. The zero-order valence-electron chi connectivity index (χ0n) is 11.3. The molecule has 1 aromatic carbocycles. The number of carbonyl (C=O) groups is 1. The Hall–Kier alpha value is -1.66. The van der Waals surface area contributed by atoms with Gasteiger partial charge >= 0.3 is 0 Å². The summed E-state index contributed by atoms with van der Waals surface area (Å²) in [6.07, 6.45) is 0. The zero-order valence-corrected chi connectivity index (χ0v) is 11.3. The zero-order chi connectivity index (χ0) is 14.3. The Bertz CT molecular complexity index is 426. The molecule has 19 heavy (non-hydrogen) atoms. The fraction of sp³-hybridized carbons (Fsp3) is 0.462. The van der Waals surface area contributed by atoms with Crippen molar-refractivity contribution in [2.24, 2.45) is 0 Å². The molecular weight excluding hydrogens is 249 g/mol. The smallest absolute Gasteiger partial charge is 0.254 e. The Balaban J connectivity index is 2.41. The maximum Gasteiger partial charge on any atom is 0.254 e. The molecule has 6 heteroatoms. The van der Waals surface area contributed by atoms with Crippen LogP contribution < -0.4 is 11.1 Å². The highest BCUT2D eigenvalue weighted by Crippen LogP contribution is 2.11. The van der Waals surface area contributed by atoms with Crippen LogP contribution in [0.3, 0.4) is 0 Å². The summed E-state index contributed by atoms with van der Waals surface area (Å²) in [4.78, 5) is 13.8. The summed E-state index contributed by atoms with van der Waals surface area (Å²) in [5.74, 6) is -1.02. The normalized spacial score (nSPS) is 10.7. The lowest BCUT2D eigenvalue weighted by atomic mass is 10.2. The first-order valence-corrected chi connectivity index (χ1v) is 6.05. The maximum absolute atomic E-state index is 13.4. The topological polar surface area (TPSA) is 67.6 Å². The summed E-state index contributed by atoms with van der Waals surface area (Å²) < 4.78 is 18.4. The number of hydrogen-bond acceptors (Lipinski definition) is 4. The van der Waals surface area contributed by atoms with Crippen LogP contribution in [0.2, 0.25) is 0 Å². The van der Waals surface area contributed by atoms with Gasteiger partial charge in [-0.2, -0.15) is 0 Å². The number of ether oxygens (including phenoxy) is 1. The molecule has 0 aliphatic carbocycles. The average molecular weight is 269 g/mol. The molecule has 5 nitrogen and oxygen atoms in total. The molecule has 0 saturated carbocycles. The summed E-state index contributed by atoms with van der Waals surface area (Å²) in [7, 11) is 3.56. The number of carbonyl (C=O) groups excluding carboxylic acids is 1. The second kappa shape index (κ2) is 7.70. The standard InChI is InChI=1S/C13H20FN3O2/c1-17(7-8-19-2)6-5-16-13(18)11-9-10(15)3-4-12(11)14/h3-4,9H,5-8,15H2,1-2H3,(H,16,18). The fourth-order valence-electron chi connectivity index (χ4n) is 1.53. The van der Waals surface area contributed by atoms with Crippen LogP contribution in [0, 0.1) is 5.82 Å². The van der Waals surface area contributed by atoms with E-state index in [2.05, 4.69) is 5.32 Å². The van der Waals surface area contributed by atoms with Gasteiger partial charge in [-0.3, -0.25) is 4.79 Å². The Kier molecular flexibility index (Phi) is 6.24. The van der Waals surface area contributed by atoms with Gasteiger partial charge in [0.1, 0.15) is 5.82 Å². The second-order valence-corrected chi connectivity index (χ2v) is 4.29. The Morgan fingerprint density at radius 2 is 2.21 bits per heavy atom. The first kappa shape index (κ1) is 15.4. The third kappa shape index (κ3) is 5.23. The SMILES string of the molecule is COCCN(C)CCNC(=O)c1cc(N)ccc1F. The Morgan fingerprint density at radius 1 is 1.47 bits per heavy atom. The van der Waals surface area contributed by atoms with Crippen LogP contribution in [-0.2, 0) is 4.74 Å². The van der Waals surface area contributed by atoms with Gasteiger partial charge in [-0.05, 0) is 25.2 Å². The molecule has 0 saturated heterocycles. The number of nitrogens with zero attached hydrogens (tertiary/aromatic N) is 1. The van der Waals surface area contributed by atoms with Gasteiger partial charge in [0, 0.05) is 32.4 Å². The van der Waals surface area contributed by atoms with Gasteiger partial charge in [0.25, 0.3) is 5.91 Å². The third-order valence-electron chi connectivity index (χ3n) is 2.69. The second-order valence-electron chi connectivity index (χ2n) is 4.29. The molecule has 0 bridgehead atoms. The summed E-state index contributed by atoms with van der Waals surface area (Å²) in [5.41, 5.74) is 5.86. The van der Waals surface area contributed by atoms with Crippen molar-refractivity contribution in [3.8, 4) is 0 Å². The summed E-state index contributed by atoms with van der Waals surface area (Å²) in [6.45, 7) is 2.51. The summed E-state index contributed by atoms with van der Waals surface area (Å²) >= 11 is 0. The predicted octanol–water partition coefficient (Wildman–Crippen LogP) is 0.716. The summed E-state index contributed by atoms with van der Waals surface area (Å²) in [5, 5.41) is 2.66. The number of rotatable bonds is 7. The van der Waals surface area contributed by atoms with E-state index in [0.29, 0.717) is 25.4 Å². The van der Waals surface area contributed by atoms with Gasteiger partial charge in [-0.25, -0.2) is 4.39 Å². The van der Waals surface area contributed by atoms with Crippen molar-refractivity contribution in [3.05, 3.63) is 29.6 Å². The predicted molar refractivity (Wildman–Crippen MR) is 72.5 cm³/mol. The van der Waals surface area contributed by atoms with Crippen molar-refractivity contribution in [1.29, 1.82) is 0 Å². The maximum atomic E-state index is 13.4. The molecule has 0 unspecified atom stereocenters. The first-order valence-electron chi connectivity index (χ1n) is 6.05. The van der Waals surface area contributed by atoms with E-state index in [0.717, 1.165) is 6.54 Å². The largest absolute Gasteiger partial charge is 0.399 e. The summed E-state index contributed by atoms with van der Waals surface area (Å²) in [6, 6.07) is 3.94. The number of halogens is 1. The molecule has 0 atom stereocenters. The number of methoxy groups -OCH3 is 1. The number of hydrogen-bond donors (Lipinski definition) is 2. The molecule has 0 aliphatic heterocycles. The van der Waals surface area contributed by atoms with Crippen molar-refractivity contribution >= 4 is 11.6 Å². The van der Waals surface area contributed by atoms with Crippen LogP contribution in [0.4, 0.5) is 10.1 Å². The molecule has 0 heterocycles. The monoisotopic (exact) mass is 269 g/mol. The van der Waals surface area contributed by atoms with E-state index in [1.54, 1.807) is 7.11 Å². The molecule has 0 fully saturated rings. The lowest BCUT2D eigenvalue weighted by Gasteiger charge is -2.16. The molecule has 0 radical (unpaired) electrons. The number of benzene rings is 1. The number of likely N-dealkylation sites (N-methyl/N-ethyl adjacent to an activating group) is 1. The van der Waals surface area contributed by atoms with Gasteiger partial charge in [-0.1, -0.05) is 0 Å². The van der Waals surface area contributed by atoms with E-state index in [1.165, 1.54) is 18.2 Å². The van der Waals surface area contributed by atoms with Gasteiger partial charge in [0.2, 0.25) is 0 Å². The molecule has 1 rings (SSSR count). The van der Waals surface area contributed by atoms with Crippen LogP contribution in [-0.4, -0.2) is 51.2 Å². The Morgan fingerprint density at radius 3 is 2.89 bits per heavy atom. The van der Waals surface area contributed by atoms with Crippen LogP contribution in [0.15, 0.2) is 18.2 Å². The quantitative estimate of drug-likeness (QED) is 0.716. The van der Waals surface area contributed by atoms with Crippen LogP contribution >= 0.6 is 0 Å². The molecule has 0 spiro atoms. The van der Waals surface area contributed by atoms with Crippen molar-refractivity contribution in [2.75, 3.05) is 46.1 Å². The van der Waals surface area contributed by atoms with E-state index >= 15 is 0 Å². The van der Waals surface area contributed by atoms with Crippen molar-refractivity contribution in [3.63, 3.8) is 0 Å². The molecule has 0 aliphatic rings. The van der Waals surface area contributed by atoms with Crippen molar-refractivity contribution in [1.82, 2.24) is 10.2 Å². The third-order valence-corrected chi connectivity index (χ3v) is 2.69. The van der Waals surface area contributed by atoms with Crippen molar-refractivity contribution < 1.29 is 13.9 Å². The number of anilines is 1. The van der Waals surface area contributed by atoms with Gasteiger partial charge < -0.3 is 20.7 Å². The number of nitrogen functional groups attached to an aromatic ring is 1. The number of amides is 1. The molecule has 106 valence electrons. The highest BCUT2D eigenvalue weighted by atomic mass is 19.1. The Labute approximate surface area is 112 Å². The van der Waals surface area contributed by atoms with Crippen LogP contribution in [0.5, 0.6) is 0 Å². The van der Waals surface area contributed by atoms with Crippen molar-refractivity contribution in [2.45, 2.75) is 0 Å². The lowest BCUT2D eigenvalue weighted by molar-refractivity contribution is 0.0943. The minimum absolute atomic E-state index is 0.0282. The van der Waals surface area contributed by atoms with Crippen LogP contribution in [0.25, 0.3) is 0 Å². The van der Waals surface area contributed by atoms with Gasteiger partial charge in [-0.15, -0.1) is 0 Å². The number of nitrogens with one attached hydrogen (secondary N) is 1. The van der Waals surface area contributed by atoms with E-state index in [1.807, 2.05) is 11.9 Å². The van der Waals surface area contributed by atoms with E-state index in [9.17, 15) is 9.18 Å². The van der Waals surface area contributed by atoms with Gasteiger partial charge in [0.15, 0.2) is 0 Å². The number of nitrogens with two attached hydrogens (primary N) is 1. The molecule has 0 aromatic heterocycles. The first-order chi connectivity index (χ1) is 9.04. The minimum Gasteiger partial charge on any atom is -0.399 e. The van der Waals surface area contributed by atoms with E-state index in [-0.39, 0.29) is 5.56 Å². The fourth-order valence-corrected chi connectivity index (χ4v) is 1.53. The highest BCUT2D eigenvalue weighted by Gasteiger charge is 2.11.